The molecule has 0 aromatic heterocycles. The Morgan fingerprint density at radius 3 is 2.63 bits per heavy atom. The molecule has 144 valence electrons. The molecule has 2 amide bonds. The molecule has 1 heterocycles. The second-order valence-electron chi connectivity index (χ2n) is 8.25. The number of carbonyl (C=O) groups is 2. The SMILES string of the molecule is CC1(C)[C@@H]2CC[C@]13[C@@H](C2)OC(=O)N3C(=O)[C@H](O)[C@H](c1ccccc1)[N+](=O)[O-]. The molecule has 1 N–H and O–H groups in total. The quantitative estimate of drug-likeness (QED) is 0.639. The Hall–Kier alpha value is -2.48. The highest BCUT2D eigenvalue weighted by atomic mass is 16.6. The lowest BCUT2D eigenvalue weighted by atomic mass is 9.74. The fourth-order valence-corrected chi connectivity index (χ4v) is 5.52. The Balaban J connectivity index is 1.71. The van der Waals surface area contributed by atoms with Gasteiger partial charge in [0.15, 0.2) is 0 Å². The number of aliphatic hydroxyl groups excluding tert-OH is 1. The van der Waals surface area contributed by atoms with Crippen molar-refractivity contribution >= 4 is 12.0 Å². The molecule has 2 aliphatic carbocycles. The van der Waals surface area contributed by atoms with Gasteiger partial charge in [-0.15, -0.1) is 0 Å². The monoisotopic (exact) mass is 374 g/mol. The summed E-state index contributed by atoms with van der Waals surface area (Å²) in [6.07, 6.45) is -1.08. The van der Waals surface area contributed by atoms with Crippen molar-refractivity contribution in [2.75, 3.05) is 0 Å². The summed E-state index contributed by atoms with van der Waals surface area (Å²) in [5.41, 5.74) is -0.999. The van der Waals surface area contributed by atoms with Crippen molar-refractivity contribution in [3.63, 3.8) is 0 Å². The second kappa shape index (κ2) is 5.76. The van der Waals surface area contributed by atoms with Gasteiger partial charge in [0.25, 0.3) is 11.9 Å². The van der Waals surface area contributed by atoms with Crippen LogP contribution in [0.5, 0.6) is 0 Å². The first-order valence-electron chi connectivity index (χ1n) is 9.13. The van der Waals surface area contributed by atoms with E-state index in [9.17, 15) is 24.8 Å². The molecule has 8 nitrogen and oxygen atoms in total. The lowest BCUT2D eigenvalue weighted by Crippen LogP contribution is -2.60. The predicted molar refractivity (Wildman–Crippen MR) is 93.2 cm³/mol. The average molecular weight is 374 g/mol. The van der Waals surface area contributed by atoms with Gasteiger partial charge in [0, 0.05) is 10.5 Å². The van der Waals surface area contributed by atoms with E-state index in [-0.39, 0.29) is 11.0 Å². The molecule has 3 aliphatic rings. The van der Waals surface area contributed by atoms with Gasteiger partial charge in [0.1, 0.15) is 6.10 Å². The van der Waals surface area contributed by atoms with Gasteiger partial charge in [-0.05, 0) is 30.6 Å². The molecule has 1 aliphatic heterocycles. The van der Waals surface area contributed by atoms with E-state index in [1.165, 1.54) is 12.1 Å². The van der Waals surface area contributed by atoms with Gasteiger partial charge in [-0.25, -0.2) is 9.69 Å². The Kier molecular flexibility index (Phi) is 3.82. The largest absolute Gasteiger partial charge is 0.443 e. The van der Waals surface area contributed by atoms with Crippen LogP contribution in [0.15, 0.2) is 30.3 Å². The standard InChI is InChI=1S/C19H22N2O6/c1-18(2)12-8-9-19(18)13(10-12)27-17(24)20(19)16(23)15(22)14(21(25)26)11-6-4-3-5-7-11/h3-7,12-15,22H,8-10H2,1-2H3/t12-,13-,14+,15-,19+/m1/s1. The number of hydrogen-bond donors (Lipinski definition) is 1. The summed E-state index contributed by atoms with van der Waals surface area (Å²) in [5.74, 6) is -0.646. The number of rotatable bonds is 4. The molecule has 8 heteroatoms. The maximum absolute atomic E-state index is 13.2. The van der Waals surface area contributed by atoms with E-state index in [1.807, 2.05) is 13.8 Å². The third-order valence-corrected chi connectivity index (χ3v) is 7.01. The van der Waals surface area contributed by atoms with Gasteiger partial charge in [0.2, 0.25) is 6.10 Å². The van der Waals surface area contributed by atoms with Crippen LogP contribution in [-0.4, -0.2) is 44.7 Å². The summed E-state index contributed by atoms with van der Waals surface area (Å²) in [7, 11) is 0. The minimum atomic E-state index is -1.97. The van der Waals surface area contributed by atoms with Crippen LogP contribution in [0, 0.1) is 21.4 Å². The van der Waals surface area contributed by atoms with Crippen molar-refractivity contribution in [3.8, 4) is 0 Å². The van der Waals surface area contributed by atoms with Crippen LogP contribution in [-0.2, 0) is 9.53 Å². The molecular formula is C19H22N2O6. The van der Waals surface area contributed by atoms with E-state index in [0.29, 0.717) is 18.8 Å². The molecule has 0 radical (unpaired) electrons. The van der Waals surface area contributed by atoms with E-state index in [0.717, 1.165) is 11.3 Å². The molecule has 4 rings (SSSR count). The number of benzene rings is 1. The summed E-state index contributed by atoms with van der Waals surface area (Å²) < 4.78 is 5.46. The minimum absolute atomic E-state index is 0.208. The topological polar surface area (TPSA) is 110 Å². The highest BCUT2D eigenvalue weighted by Gasteiger charge is 2.74. The van der Waals surface area contributed by atoms with Crippen LogP contribution < -0.4 is 0 Å². The number of fused-ring (bicyclic) bond motifs is 1. The predicted octanol–water partition coefficient (Wildman–Crippen LogP) is 2.29. The maximum atomic E-state index is 13.2. The Morgan fingerprint density at radius 1 is 1.37 bits per heavy atom. The van der Waals surface area contributed by atoms with Gasteiger partial charge >= 0.3 is 6.09 Å². The average Bonchev–Trinajstić information content (AvgIpc) is 3.13. The number of nitrogens with zero attached hydrogens (tertiary/aromatic N) is 2. The highest BCUT2D eigenvalue weighted by molar-refractivity contribution is 5.97. The lowest BCUT2D eigenvalue weighted by molar-refractivity contribution is -0.538. The van der Waals surface area contributed by atoms with Crippen LogP contribution in [0.2, 0.25) is 0 Å². The van der Waals surface area contributed by atoms with Crippen LogP contribution in [0.1, 0.15) is 44.7 Å². The highest BCUT2D eigenvalue weighted by Crippen LogP contribution is 2.66. The second-order valence-corrected chi connectivity index (χ2v) is 8.25. The molecular weight excluding hydrogens is 352 g/mol. The van der Waals surface area contributed by atoms with Gasteiger partial charge in [-0.1, -0.05) is 44.2 Å². The van der Waals surface area contributed by atoms with Crippen molar-refractivity contribution in [2.45, 2.75) is 56.9 Å². The zero-order valence-corrected chi connectivity index (χ0v) is 15.2. The third-order valence-electron chi connectivity index (χ3n) is 7.01. The molecule has 3 fully saturated rings. The van der Waals surface area contributed by atoms with E-state index >= 15 is 0 Å². The van der Waals surface area contributed by atoms with Crippen molar-refractivity contribution < 1.29 is 24.4 Å². The van der Waals surface area contributed by atoms with E-state index in [1.54, 1.807) is 18.2 Å². The van der Waals surface area contributed by atoms with E-state index in [4.69, 9.17) is 4.74 Å². The number of nitro groups is 1. The summed E-state index contributed by atoms with van der Waals surface area (Å²) >= 11 is 0. The van der Waals surface area contributed by atoms with E-state index in [2.05, 4.69) is 0 Å². The first-order valence-corrected chi connectivity index (χ1v) is 9.13. The molecule has 1 aromatic carbocycles. The van der Waals surface area contributed by atoms with Gasteiger partial charge in [-0.3, -0.25) is 14.9 Å². The zero-order chi connectivity index (χ0) is 19.6. The van der Waals surface area contributed by atoms with Crippen molar-refractivity contribution in [3.05, 3.63) is 46.0 Å². The number of carbonyl (C=O) groups excluding carboxylic acids is 2. The van der Waals surface area contributed by atoms with Crippen molar-refractivity contribution in [1.29, 1.82) is 0 Å². The normalized spacial score (nSPS) is 32.7. The number of aliphatic hydroxyl groups is 1. The summed E-state index contributed by atoms with van der Waals surface area (Å²) in [6.45, 7) is 4.00. The zero-order valence-electron chi connectivity index (χ0n) is 15.2. The third kappa shape index (κ3) is 2.19. The molecule has 0 unspecified atom stereocenters. The molecule has 1 spiro atoms. The molecule has 5 atom stereocenters. The number of hydrogen-bond acceptors (Lipinski definition) is 6. The van der Waals surface area contributed by atoms with Gasteiger partial charge < -0.3 is 9.84 Å². The molecule has 2 bridgehead atoms. The first-order chi connectivity index (χ1) is 12.7. The number of amides is 2. The Morgan fingerprint density at radius 2 is 2.04 bits per heavy atom. The molecule has 2 saturated carbocycles. The Bertz CT molecular complexity index is 810. The molecule has 27 heavy (non-hydrogen) atoms. The van der Waals surface area contributed by atoms with Crippen molar-refractivity contribution in [1.82, 2.24) is 4.90 Å². The van der Waals surface area contributed by atoms with Crippen LogP contribution in [0.3, 0.4) is 0 Å². The number of ether oxygens (including phenoxy) is 1. The molecule has 1 saturated heterocycles. The maximum Gasteiger partial charge on any atom is 0.417 e. The molecule has 1 aromatic rings. The van der Waals surface area contributed by atoms with Gasteiger partial charge in [-0.2, -0.15) is 0 Å². The smallest absolute Gasteiger partial charge is 0.417 e. The fraction of sp³-hybridized carbons (Fsp3) is 0.579. The first kappa shape index (κ1) is 17.9. The van der Waals surface area contributed by atoms with Gasteiger partial charge in [0.05, 0.1) is 5.54 Å². The summed E-state index contributed by atoms with van der Waals surface area (Å²) in [5, 5.41) is 22.3. The number of imide groups is 1. The van der Waals surface area contributed by atoms with Crippen molar-refractivity contribution in [2.24, 2.45) is 11.3 Å². The van der Waals surface area contributed by atoms with Crippen LogP contribution >= 0.6 is 0 Å². The van der Waals surface area contributed by atoms with Crippen LogP contribution in [0.25, 0.3) is 0 Å². The fourth-order valence-electron chi connectivity index (χ4n) is 5.52. The van der Waals surface area contributed by atoms with Crippen LogP contribution in [0.4, 0.5) is 4.79 Å². The minimum Gasteiger partial charge on any atom is -0.443 e. The Labute approximate surface area is 156 Å². The van der Waals surface area contributed by atoms with E-state index < -0.39 is 40.7 Å². The lowest BCUT2D eigenvalue weighted by Gasteiger charge is -2.41. The summed E-state index contributed by atoms with van der Waals surface area (Å²) in [4.78, 5) is 37.6. The summed E-state index contributed by atoms with van der Waals surface area (Å²) in [6, 6.07) is 6.21.